The number of aryl methyl sites for hydroxylation is 1. The number of benzene rings is 1. The molecule has 3 heterocycles. The molecule has 28 heavy (non-hydrogen) atoms. The van der Waals surface area contributed by atoms with Gasteiger partial charge in [0.25, 0.3) is 0 Å². The van der Waals surface area contributed by atoms with E-state index in [-0.39, 0.29) is 10.9 Å². The Morgan fingerprint density at radius 3 is 2.57 bits per heavy atom. The van der Waals surface area contributed by atoms with E-state index in [9.17, 15) is 12.8 Å². The molecule has 0 N–H and O–H groups in total. The fourth-order valence-electron chi connectivity index (χ4n) is 3.73. The number of piperidine rings is 1. The van der Waals surface area contributed by atoms with E-state index < -0.39 is 15.8 Å². The van der Waals surface area contributed by atoms with Gasteiger partial charge in [-0.05, 0) is 50.1 Å². The van der Waals surface area contributed by atoms with E-state index in [1.165, 1.54) is 22.5 Å². The van der Waals surface area contributed by atoms with E-state index in [0.717, 1.165) is 23.1 Å². The van der Waals surface area contributed by atoms with E-state index >= 15 is 0 Å². The first kappa shape index (κ1) is 18.8. The molecule has 0 aliphatic carbocycles. The van der Waals surface area contributed by atoms with Crippen LogP contribution in [0.15, 0.2) is 59.9 Å². The van der Waals surface area contributed by atoms with Crippen molar-refractivity contribution in [1.29, 1.82) is 0 Å². The molecular weight excluding hydrogens is 379 g/mol. The largest absolute Gasteiger partial charge is 0.325 e. The Bertz CT molecular complexity index is 1070. The zero-order chi connectivity index (χ0) is 19.7. The minimum Gasteiger partial charge on any atom is -0.325 e. The van der Waals surface area contributed by atoms with Crippen LogP contribution in [0, 0.1) is 12.7 Å². The van der Waals surface area contributed by atoms with Crippen LogP contribution < -0.4 is 0 Å². The van der Waals surface area contributed by atoms with Gasteiger partial charge in [-0.2, -0.15) is 4.31 Å². The second-order valence-electron chi connectivity index (χ2n) is 6.93. The van der Waals surface area contributed by atoms with Crippen LogP contribution in [0.1, 0.15) is 24.6 Å². The van der Waals surface area contributed by atoms with Gasteiger partial charge in [0.1, 0.15) is 11.6 Å². The molecule has 4 rings (SSSR count). The maximum absolute atomic E-state index is 13.5. The number of nitrogens with zero attached hydrogens (tertiary/aromatic N) is 4. The van der Waals surface area contributed by atoms with E-state index in [2.05, 4.69) is 14.5 Å². The molecule has 0 atom stereocenters. The van der Waals surface area contributed by atoms with Crippen molar-refractivity contribution < 1.29 is 12.8 Å². The van der Waals surface area contributed by atoms with Crippen LogP contribution in [-0.2, 0) is 10.0 Å². The van der Waals surface area contributed by atoms with Gasteiger partial charge in [-0.1, -0.05) is 6.07 Å². The molecule has 1 fully saturated rings. The summed E-state index contributed by atoms with van der Waals surface area (Å²) in [5.41, 5.74) is 1.97. The average molecular weight is 400 g/mol. The molecule has 3 aromatic rings. The lowest BCUT2D eigenvalue weighted by atomic mass is 10.1. The Morgan fingerprint density at radius 2 is 1.89 bits per heavy atom. The lowest BCUT2D eigenvalue weighted by molar-refractivity contribution is 0.273. The van der Waals surface area contributed by atoms with Gasteiger partial charge in [-0.15, -0.1) is 0 Å². The maximum Gasteiger partial charge on any atom is 0.243 e. The summed E-state index contributed by atoms with van der Waals surface area (Å²) in [6, 6.07) is 9.16. The highest BCUT2D eigenvalue weighted by Gasteiger charge is 2.31. The molecule has 1 aromatic carbocycles. The second-order valence-corrected chi connectivity index (χ2v) is 8.87. The number of rotatable bonds is 4. The summed E-state index contributed by atoms with van der Waals surface area (Å²) in [5.74, 6) is 0.295. The number of hydrogen-bond donors (Lipinski definition) is 0. The van der Waals surface area contributed by atoms with Gasteiger partial charge in [0.15, 0.2) is 0 Å². The molecular formula is C20H21FN4O2S. The molecule has 6 nitrogen and oxygen atoms in total. The zero-order valence-electron chi connectivity index (χ0n) is 15.5. The van der Waals surface area contributed by atoms with Crippen molar-refractivity contribution in [3.05, 3.63) is 66.5 Å². The summed E-state index contributed by atoms with van der Waals surface area (Å²) in [6.07, 6.45) is 6.66. The van der Waals surface area contributed by atoms with E-state index in [0.29, 0.717) is 25.9 Å². The number of sulfonamides is 1. The third kappa shape index (κ3) is 3.45. The second kappa shape index (κ2) is 7.44. The lowest BCUT2D eigenvalue weighted by Gasteiger charge is -2.33. The highest BCUT2D eigenvalue weighted by Crippen LogP contribution is 2.31. The zero-order valence-corrected chi connectivity index (χ0v) is 16.3. The number of aromatic nitrogens is 3. The van der Waals surface area contributed by atoms with Crippen LogP contribution in [0.2, 0.25) is 0 Å². The van der Waals surface area contributed by atoms with Gasteiger partial charge in [0.05, 0.1) is 4.90 Å². The monoisotopic (exact) mass is 400 g/mol. The van der Waals surface area contributed by atoms with Crippen LogP contribution in [0.5, 0.6) is 0 Å². The SMILES string of the molecule is Cc1cnc(-c2cccnc2)n1C1CCN(S(=O)(=O)c2cccc(F)c2)CC1. The van der Waals surface area contributed by atoms with Crippen molar-refractivity contribution in [2.24, 2.45) is 0 Å². The van der Waals surface area contributed by atoms with Gasteiger partial charge in [-0.3, -0.25) is 4.98 Å². The Labute approximate surface area is 163 Å². The lowest BCUT2D eigenvalue weighted by Crippen LogP contribution is -2.39. The smallest absolute Gasteiger partial charge is 0.243 e. The summed E-state index contributed by atoms with van der Waals surface area (Å²) in [7, 11) is -3.69. The van der Waals surface area contributed by atoms with E-state index in [4.69, 9.17) is 0 Å². The van der Waals surface area contributed by atoms with Gasteiger partial charge >= 0.3 is 0 Å². The first-order valence-corrected chi connectivity index (χ1v) is 10.6. The first-order valence-electron chi connectivity index (χ1n) is 9.17. The van der Waals surface area contributed by atoms with Gasteiger partial charge < -0.3 is 4.57 Å². The summed E-state index contributed by atoms with van der Waals surface area (Å²) >= 11 is 0. The van der Waals surface area contributed by atoms with Crippen molar-refractivity contribution >= 4 is 10.0 Å². The molecule has 1 saturated heterocycles. The first-order chi connectivity index (χ1) is 13.5. The highest BCUT2D eigenvalue weighted by molar-refractivity contribution is 7.89. The molecule has 1 aliphatic rings. The fraction of sp³-hybridized carbons (Fsp3) is 0.300. The number of hydrogen-bond acceptors (Lipinski definition) is 4. The van der Waals surface area contributed by atoms with Crippen LogP contribution >= 0.6 is 0 Å². The minimum absolute atomic E-state index is 0.000750. The molecule has 0 radical (unpaired) electrons. The molecule has 0 bridgehead atoms. The van der Waals surface area contributed by atoms with Crippen LogP contribution in [0.25, 0.3) is 11.4 Å². The molecule has 0 amide bonds. The number of halogens is 1. The topological polar surface area (TPSA) is 68.1 Å². The number of imidazole rings is 1. The van der Waals surface area contributed by atoms with Crippen LogP contribution in [0.3, 0.4) is 0 Å². The van der Waals surface area contributed by atoms with E-state index in [1.54, 1.807) is 12.4 Å². The van der Waals surface area contributed by atoms with Gasteiger partial charge in [0, 0.05) is 49.0 Å². The predicted octanol–water partition coefficient (Wildman–Crippen LogP) is 3.42. The number of pyridine rings is 1. The summed E-state index contributed by atoms with van der Waals surface area (Å²) < 4.78 is 42.7. The van der Waals surface area contributed by atoms with Crippen molar-refractivity contribution in [3.8, 4) is 11.4 Å². The third-order valence-corrected chi connectivity index (χ3v) is 7.02. The fourth-order valence-corrected chi connectivity index (χ4v) is 5.23. The summed E-state index contributed by atoms with van der Waals surface area (Å²) in [4.78, 5) is 8.71. The Morgan fingerprint density at radius 1 is 1.11 bits per heavy atom. The molecule has 8 heteroatoms. The van der Waals surface area contributed by atoms with Crippen molar-refractivity contribution in [2.75, 3.05) is 13.1 Å². The normalized spacial score (nSPS) is 16.4. The maximum atomic E-state index is 13.5. The van der Waals surface area contributed by atoms with Crippen LogP contribution in [0.4, 0.5) is 4.39 Å². The van der Waals surface area contributed by atoms with Crippen molar-refractivity contribution in [2.45, 2.75) is 30.7 Å². The summed E-state index contributed by atoms with van der Waals surface area (Å²) in [5, 5.41) is 0. The Hall–Kier alpha value is -2.58. The third-order valence-electron chi connectivity index (χ3n) is 5.12. The van der Waals surface area contributed by atoms with Crippen LogP contribution in [-0.4, -0.2) is 40.3 Å². The van der Waals surface area contributed by atoms with E-state index in [1.807, 2.05) is 25.3 Å². The molecule has 0 saturated carbocycles. The average Bonchev–Trinajstić information content (AvgIpc) is 3.10. The Balaban J connectivity index is 1.55. The van der Waals surface area contributed by atoms with Gasteiger partial charge in [-0.25, -0.2) is 17.8 Å². The van der Waals surface area contributed by atoms with Gasteiger partial charge in [0.2, 0.25) is 10.0 Å². The Kier molecular flexibility index (Phi) is 4.99. The quantitative estimate of drug-likeness (QED) is 0.673. The molecule has 0 spiro atoms. The standard InChI is InChI=1S/C20H21FN4O2S/c1-15-13-23-20(16-4-3-9-22-14-16)25(15)18-7-10-24(11-8-18)28(26,27)19-6-2-5-17(21)12-19/h2-6,9,12-14,18H,7-8,10-11H2,1H3. The molecule has 2 aromatic heterocycles. The molecule has 146 valence electrons. The highest BCUT2D eigenvalue weighted by atomic mass is 32.2. The molecule has 0 unspecified atom stereocenters. The summed E-state index contributed by atoms with van der Waals surface area (Å²) in [6.45, 7) is 2.77. The molecule has 1 aliphatic heterocycles. The predicted molar refractivity (Wildman–Crippen MR) is 104 cm³/mol. The minimum atomic E-state index is -3.69. The van der Waals surface area contributed by atoms with Crippen molar-refractivity contribution in [3.63, 3.8) is 0 Å². The van der Waals surface area contributed by atoms with Crippen molar-refractivity contribution in [1.82, 2.24) is 18.8 Å².